The number of phenols is 1. The molecule has 0 unspecified atom stereocenters. The van der Waals surface area contributed by atoms with Crippen LogP contribution in [-0.4, -0.2) is 26.6 Å². The molecule has 0 aliphatic carbocycles. The number of imidazole rings is 1. The summed E-state index contributed by atoms with van der Waals surface area (Å²) < 4.78 is 0. The molecule has 22 heavy (non-hydrogen) atoms. The Morgan fingerprint density at radius 2 is 2.09 bits per heavy atom. The topological polar surface area (TPSA) is 66.0 Å². The summed E-state index contributed by atoms with van der Waals surface area (Å²) in [5.74, 6) is 0.400. The highest BCUT2D eigenvalue weighted by Crippen LogP contribution is 2.25. The van der Waals surface area contributed by atoms with Crippen molar-refractivity contribution in [1.82, 2.24) is 9.97 Å². The lowest BCUT2D eigenvalue weighted by molar-refractivity contribution is 0.0987. The molecule has 0 bridgehead atoms. The molecule has 0 atom stereocenters. The smallest absolute Gasteiger partial charge is 0.167 e. The second-order valence-electron chi connectivity index (χ2n) is 4.74. The van der Waals surface area contributed by atoms with Gasteiger partial charge in [-0.3, -0.25) is 4.79 Å². The van der Waals surface area contributed by atoms with E-state index in [2.05, 4.69) is 9.97 Å². The molecule has 0 aliphatic rings. The largest absolute Gasteiger partial charge is 0.507 e. The standard InChI is InChI=1S/C16H13ClN2O2S/c17-10-5-6-14(20)11(9-10)15(21)7-8-22-16-18-12-3-1-2-4-13(12)19-16/h1-6,9,20H,7-8H2,(H,18,19). The van der Waals surface area contributed by atoms with Gasteiger partial charge in [0.25, 0.3) is 0 Å². The quantitative estimate of drug-likeness (QED) is 0.540. The number of ketones is 1. The zero-order chi connectivity index (χ0) is 15.5. The lowest BCUT2D eigenvalue weighted by atomic mass is 10.1. The molecule has 2 N–H and O–H groups in total. The number of aromatic nitrogens is 2. The number of Topliss-reactive ketones (excluding diaryl/α,β-unsaturated/α-hetero) is 1. The molecule has 3 aromatic rings. The number of carbonyl (C=O) groups is 1. The summed E-state index contributed by atoms with van der Waals surface area (Å²) >= 11 is 7.33. The Balaban J connectivity index is 1.62. The number of H-pyrrole nitrogens is 1. The molecule has 6 heteroatoms. The van der Waals surface area contributed by atoms with E-state index in [0.717, 1.165) is 16.2 Å². The van der Waals surface area contributed by atoms with Crippen LogP contribution in [0.1, 0.15) is 16.8 Å². The van der Waals surface area contributed by atoms with Gasteiger partial charge < -0.3 is 10.1 Å². The maximum absolute atomic E-state index is 12.1. The molecule has 0 spiro atoms. The third kappa shape index (κ3) is 3.26. The number of benzene rings is 2. The number of thioether (sulfide) groups is 1. The molecular formula is C16H13ClN2O2S. The first-order chi connectivity index (χ1) is 10.6. The predicted octanol–water partition coefficient (Wildman–Crippen LogP) is 4.29. The van der Waals surface area contributed by atoms with Gasteiger partial charge >= 0.3 is 0 Å². The van der Waals surface area contributed by atoms with E-state index in [-0.39, 0.29) is 17.1 Å². The summed E-state index contributed by atoms with van der Waals surface area (Å²) in [4.78, 5) is 19.8. The zero-order valence-electron chi connectivity index (χ0n) is 11.5. The van der Waals surface area contributed by atoms with Gasteiger partial charge in [-0.05, 0) is 30.3 Å². The van der Waals surface area contributed by atoms with E-state index in [1.165, 1.54) is 23.9 Å². The van der Waals surface area contributed by atoms with E-state index in [0.29, 0.717) is 17.2 Å². The SMILES string of the molecule is O=C(CCSc1nc2ccccc2[nH]1)c1cc(Cl)ccc1O. The maximum atomic E-state index is 12.1. The normalized spacial score (nSPS) is 11.0. The van der Waals surface area contributed by atoms with Crippen molar-refractivity contribution >= 4 is 40.2 Å². The van der Waals surface area contributed by atoms with Crippen LogP contribution in [-0.2, 0) is 0 Å². The number of rotatable bonds is 5. The third-order valence-electron chi connectivity index (χ3n) is 3.19. The van der Waals surface area contributed by atoms with Crippen LogP contribution in [0.2, 0.25) is 5.02 Å². The van der Waals surface area contributed by atoms with E-state index >= 15 is 0 Å². The van der Waals surface area contributed by atoms with Gasteiger partial charge in [0.15, 0.2) is 10.9 Å². The highest BCUT2D eigenvalue weighted by atomic mass is 35.5. The molecule has 2 aromatic carbocycles. The fraction of sp³-hybridized carbons (Fsp3) is 0.125. The van der Waals surface area contributed by atoms with Crippen LogP contribution in [0.3, 0.4) is 0 Å². The van der Waals surface area contributed by atoms with Crippen LogP contribution >= 0.6 is 23.4 Å². The number of hydrogen-bond acceptors (Lipinski definition) is 4. The van der Waals surface area contributed by atoms with Crippen LogP contribution in [0.5, 0.6) is 5.75 Å². The van der Waals surface area contributed by atoms with E-state index in [1.807, 2.05) is 24.3 Å². The van der Waals surface area contributed by atoms with Crippen molar-refractivity contribution in [2.45, 2.75) is 11.6 Å². The average molecular weight is 333 g/mol. The Morgan fingerprint density at radius 1 is 1.27 bits per heavy atom. The molecule has 1 heterocycles. The number of para-hydroxylation sites is 2. The summed E-state index contributed by atoms with van der Waals surface area (Å²) in [6.07, 6.45) is 0.301. The van der Waals surface area contributed by atoms with E-state index in [4.69, 9.17) is 11.6 Å². The summed E-state index contributed by atoms with van der Waals surface area (Å²) in [7, 11) is 0. The molecule has 0 radical (unpaired) electrons. The summed E-state index contributed by atoms with van der Waals surface area (Å²) in [6, 6.07) is 12.2. The van der Waals surface area contributed by atoms with Gasteiger partial charge in [0.05, 0.1) is 16.6 Å². The lowest BCUT2D eigenvalue weighted by Gasteiger charge is -2.03. The van der Waals surface area contributed by atoms with Gasteiger partial charge in [-0.15, -0.1) is 0 Å². The van der Waals surface area contributed by atoms with Crippen LogP contribution < -0.4 is 0 Å². The number of halogens is 1. The van der Waals surface area contributed by atoms with Gasteiger partial charge in [-0.1, -0.05) is 35.5 Å². The van der Waals surface area contributed by atoms with Crippen molar-refractivity contribution in [3.63, 3.8) is 0 Å². The first kappa shape index (κ1) is 14.9. The van der Waals surface area contributed by atoms with Crippen LogP contribution in [0, 0.1) is 0 Å². The average Bonchev–Trinajstić information content (AvgIpc) is 2.92. The second-order valence-corrected chi connectivity index (χ2v) is 6.26. The molecule has 0 fully saturated rings. The Bertz CT molecular complexity index is 799. The molecule has 1 aromatic heterocycles. The van der Waals surface area contributed by atoms with Crippen molar-refractivity contribution in [3.8, 4) is 5.75 Å². The molecule has 0 saturated heterocycles. The van der Waals surface area contributed by atoms with Crippen molar-refractivity contribution in [3.05, 3.63) is 53.1 Å². The van der Waals surface area contributed by atoms with Crippen molar-refractivity contribution in [1.29, 1.82) is 0 Å². The van der Waals surface area contributed by atoms with Crippen LogP contribution in [0.25, 0.3) is 11.0 Å². The van der Waals surface area contributed by atoms with Crippen molar-refractivity contribution in [2.24, 2.45) is 0 Å². The number of fused-ring (bicyclic) bond motifs is 1. The minimum Gasteiger partial charge on any atom is -0.507 e. The molecule has 112 valence electrons. The summed E-state index contributed by atoms with van der Waals surface area (Å²) in [5, 5.41) is 10.9. The minimum atomic E-state index is -0.136. The number of aromatic amines is 1. The molecule has 0 saturated carbocycles. The maximum Gasteiger partial charge on any atom is 0.167 e. The Kier molecular flexibility index (Phi) is 4.36. The molecule has 3 rings (SSSR count). The van der Waals surface area contributed by atoms with Gasteiger partial charge in [0.1, 0.15) is 5.75 Å². The van der Waals surface area contributed by atoms with Crippen molar-refractivity contribution < 1.29 is 9.90 Å². The van der Waals surface area contributed by atoms with E-state index in [1.54, 1.807) is 6.07 Å². The number of carbonyl (C=O) groups excluding carboxylic acids is 1. The number of hydrogen-bond donors (Lipinski definition) is 2. The fourth-order valence-electron chi connectivity index (χ4n) is 2.10. The van der Waals surface area contributed by atoms with E-state index < -0.39 is 0 Å². The lowest BCUT2D eigenvalue weighted by Crippen LogP contribution is -2.01. The number of nitrogens with one attached hydrogen (secondary N) is 1. The van der Waals surface area contributed by atoms with E-state index in [9.17, 15) is 9.90 Å². The highest BCUT2D eigenvalue weighted by Gasteiger charge is 2.12. The molecular weight excluding hydrogens is 320 g/mol. The molecule has 0 aliphatic heterocycles. The van der Waals surface area contributed by atoms with Gasteiger partial charge in [0, 0.05) is 17.2 Å². The van der Waals surface area contributed by atoms with Crippen molar-refractivity contribution in [2.75, 3.05) is 5.75 Å². The monoisotopic (exact) mass is 332 g/mol. The molecule has 0 amide bonds. The summed E-state index contributed by atoms with van der Waals surface area (Å²) in [6.45, 7) is 0. The fourth-order valence-corrected chi connectivity index (χ4v) is 3.10. The predicted molar refractivity (Wildman–Crippen MR) is 88.9 cm³/mol. The number of nitrogens with zero attached hydrogens (tertiary/aromatic N) is 1. The summed E-state index contributed by atoms with van der Waals surface area (Å²) in [5.41, 5.74) is 2.14. The number of phenolic OH excluding ortho intramolecular Hbond substituents is 1. The van der Waals surface area contributed by atoms with Gasteiger partial charge in [-0.25, -0.2) is 4.98 Å². The Hall–Kier alpha value is -1.98. The Labute approximate surface area is 136 Å². The third-order valence-corrected chi connectivity index (χ3v) is 4.30. The van der Waals surface area contributed by atoms with Gasteiger partial charge in [-0.2, -0.15) is 0 Å². The van der Waals surface area contributed by atoms with Crippen LogP contribution in [0.4, 0.5) is 0 Å². The van der Waals surface area contributed by atoms with Crippen LogP contribution in [0.15, 0.2) is 47.6 Å². The number of aromatic hydroxyl groups is 1. The van der Waals surface area contributed by atoms with Gasteiger partial charge in [0.2, 0.25) is 0 Å². The first-order valence-corrected chi connectivity index (χ1v) is 8.09. The highest BCUT2D eigenvalue weighted by molar-refractivity contribution is 7.99. The minimum absolute atomic E-state index is 0.0388. The Morgan fingerprint density at radius 3 is 2.91 bits per heavy atom. The first-order valence-electron chi connectivity index (χ1n) is 6.73. The molecule has 4 nitrogen and oxygen atoms in total. The second kappa shape index (κ2) is 6.42. The zero-order valence-corrected chi connectivity index (χ0v) is 13.1.